The third-order valence-electron chi connectivity index (χ3n) is 5.68. The van der Waals surface area contributed by atoms with E-state index in [0.717, 1.165) is 39.6 Å². The predicted octanol–water partition coefficient (Wildman–Crippen LogP) is 7.19. The molecule has 0 radical (unpaired) electrons. The van der Waals surface area contributed by atoms with Crippen molar-refractivity contribution in [2.75, 3.05) is 14.2 Å². The molecule has 4 aromatic carbocycles. The Bertz CT molecular complexity index is 1330. The summed E-state index contributed by atoms with van der Waals surface area (Å²) in [5, 5.41) is 2.45. The zero-order valence-electron chi connectivity index (χ0n) is 17.6. The summed E-state index contributed by atoms with van der Waals surface area (Å²) in [6.45, 7) is 0. The van der Waals surface area contributed by atoms with Gasteiger partial charge in [-0.05, 0) is 64.4 Å². The van der Waals surface area contributed by atoms with E-state index in [1.165, 1.54) is 16.3 Å². The first kappa shape index (κ1) is 19.0. The molecule has 0 atom stereocenters. The van der Waals surface area contributed by atoms with E-state index in [1.54, 1.807) is 14.2 Å². The van der Waals surface area contributed by atoms with Crippen molar-refractivity contribution in [2.24, 2.45) is 0 Å². The van der Waals surface area contributed by atoms with Crippen LogP contribution in [0, 0.1) is 0 Å². The molecule has 0 amide bonds. The molecule has 3 nitrogen and oxygen atoms in total. The van der Waals surface area contributed by atoms with Crippen LogP contribution in [0.5, 0.6) is 11.5 Å². The molecule has 31 heavy (non-hydrogen) atoms. The van der Waals surface area contributed by atoms with Gasteiger partial charge in [-0.1, -0.05) is 54.6 Å². The quantitative estimate of drug-likeness (QED) is 0.336. The van der Waals surface area contributed by atoms with Crippen molar-refractivity contribution in [1.82, 2.24) is 4.98 Å². The summed E-state index contributed by atoms with van der Waals surface area (Å²) in [6.07, 6.45) is 0. The number of hydrogen-bond donors (Lipinski definition) is 1. The summed E-state index contributed by atoms with van der Waals surface area (Å²) in [4.78, 5) is 3.70. The molecule has 1 aromatic heterocycles. The Morgan fingerprint density at radius 3 is 1.87 bits per heavy atom. The molecule has 5 aromatic rings. The zero-order valence-corrected chi connectivity index (χ0v) is 17.6. The molecule has 3 heteroatoms. The standard InChI is InChI=1S/C28H23NO2/c1-30-22-14-10-20(11-15-22)26-18-27(21-12-16-23(31-2)17-13-21)29-28(26)25-9-5-7-19-6-3-4-8-24(19)25/h3-18,29H,1-2H3. The minimum Gasteiger partial charge on any atom is -0.497 e. The third-order valence-corrected chi connectivity index (χ3v) is 5.68. The van der Waals surface area contributed by atoms with Crippen LogP contribution in [0.25, 0.3) is 44.4 Å². The van der Waals surface area contributed by atoms with Crippen LogP contribution in [-0.4, -0.2) is 19.2 Å². The van der Waals surface area contributed by atoms with Crippen LogP contribution in [0.3, 0.4) is 0 Å². The smallest absolute Gasteiger partial charge is 0.118 e. The summed E-state index contributed by atoms with van der Waals surface area (Å²) in [6, 6.07) is 33.5. The van der Waals surface area contributed by atoms with Gasteiger partial charge in [-0.2, -0.15) is 0 Å². The second-order valence-electron chi connectivity index (χ2n) is 7.46. The number of hydrogen-bond acceptors (Lipinski definition) is 2. The van der Waals surface area contributed by atoms with E-state index in [2.05, 4.69) is 77.8 Å². The molecule has 0 fully saturated rings. The fourth-order valence-electron chi connectivity index (χ4n) is 4.03. The SMILES string of the molecule is COc1ccc(-c2cc(-c3ccc(OC)cc3)c(-c3cccc4ccccc34)[nH]2)cc1. The highest BCUT2D eigenvalue weighted by atomic mass is 16.5. The van der Waals surface area contributed by atoms with Gasteiger partial charge in [-0.25, -0.2) is 0 Å². The van der Waals surface area contributed by atoms with Crippen molar-refractivity contribution in [1.29, 1.82) is 0 Å². The number of ether oxygens (including phenoxy) is 2. The van der Waals surface area contributed by atoms with Crippen LogP contribution in [0.1, 0.15) is 0 Å². The van der Waals surface area contributed by atoms with E-state index in [9.17, 15) is 0 Å². The minimum atomic E-state index is 0.847. The van der Waals surface area contributed by atoms with E-state index in [-0.39, 0.29) is 0 Å². The van der Waals surface area contributed by atoms with Gasteiger partial charge in [0.25, 0.3) is 0 Å². The number of fused-ring (bicyclic) bond motifs is 1. The van der Waals surface area contributed by atoms with Gasteiger partial charge in [0.1, 0.15) is 11.5 Å². The highest BCUT2D eigenvalue weighted by Gasteiger charge is 2.15. The average Bonchev–Trinajstić information content (AvgIpc) is 3.29. The molecule has 1 heterocycles. The van der Waals surface area contributed by atoms with Crippen LogP contribution in [0.15, 0.2) is 97.1 Å². The van der Waals surface area contributed by atoms with E-state index < -0.39 is 0 Å². The topological polar surface area (TPSA) is 34.2 Å². The molecule has 0 aliphatic carbocycles. The number of H-pyrrole nitrogens is 1. The van der Waals surface area contributed by atoms with Crippen molar-refractivity contribution in [3.8, 4) is 45.1 Å². The van der Waals surface area contributed by atoms with Crippen molar-refractivity contribution in [3.63, 3.8) is 0 Å². The van der Waals surface area contributed by atoms with E-state index >= 15 is 0 Å². The van der Waals surface area contributed by atoms with E-state index in [0.29, 0.717) is 0 Å². The van der Waals surface area contributed by atoms with Gasteiger partial charge in [0, 0.05) is 16.8 Å². The molecule has 0 aliphatic heterocycles. The van der Waals surface area contributed by atoms with E-state index in [1.807, 2.05) is 24.3 Å². The number of benzene rings is 4. The Hall–Kier alpha value is -3.98. The van der Waals surface area contributed by atoms with E-state index in [4.69, 9.17) is 9.47 Å². The maximum Gasteiger partial charge on any atom is 0.118 e. The predicted molar refractivity (Wildman–Crippen MR) is 128 cm³/mol. The maximum absolute atomic E-state index is 5.35. The van der Waals surface area contributed by atoms with Crippen molar-refractivity contribution in [3.05, 3.63) is 97.1 Å². The highest BCUT2D eigenvalue weighted by Crippen LogP contribution is 2.39. The summed E-state index contributed by atoms with van der Waals surface area (Å²) in [5.41, 5.74) is 6.76. The van der Waals surface area contributed by atoms with Crippen LogP contribution >= 0.6 is 0 Å². The number of nitrogens with one attached hydrogen (secondary N) is 1. The molecule has 0 aliphatic rings. The lowest BCUT2D eigenvalue weighted by Crippen LogP contribution is -1.86. The third kappa shape index (κ3) is 3.55. The largest absolute Gasteiger partial charge is 0.497 e. The summed E-state index contributed by atoms with van der Waals surface area (Å²) >= 11 is 0. The minimum absolute atomic E-state index is 0.847. The van der Waals surface area contributed by atoms with Gasteiger partial charge < -0.3 is 14.5 Å². The second kappa shape index (κ2) is 8.04. The van der Waals surface area contributed by atoms with Gasteiger partial charge in [-0.15, -0.1) is 0 Å². The Kier molecular flexibility index (Phi) is 4.93. The fourth-order valence-corrected chi connectivity index (χ4v) is 4.03. The van der Waals surface area contributed by atoms with Gasteiger partial charge in [0.2, 0.25) is 0 Å². The monoisotopic (exact) mass is 405 g/mol. The first-order valence-electron chi connectivity index (χ1n) is 10.3. The van der Waals surface area contributed by atoms with Crippen molar-refractivity contribution in [2.45, 2.75) is 0 Å². The Labute approximate surface area is 181 Å². The lowest BCUT2D eigenvalue weighted by Gasteiger charge is -2.09. The molecule has 5 rings (SSSR count). The molecular weight excluding hydrogens is 382 g/mol. The summed E-state index contributed by atoms with van der Waals surface area (Å²) in [7, 11) is 3.37. The molecule has 0 saturated heterocycles. The molecule has 0 saturated carbocycles. The molecular formula is C28H23NO2. The van der Waals surface area contributed by atoms with Crippen LogP contribution < -0.4 is 9.47 Å². The summed E-state index contributed by atoms with van der Waals surface area (Å²) in [5.74, 6) is 1.70. The van der Waals surface area contributed by atoms with Crippen LogP contribution in [-0.2, 0) is 0 Å². The Balaban J connectivity index is 1.72. The first-order valence-corrected chi connectivity index (χ1v) is 10.3. The average molecular weight is 405 g/mol. The first-order chi connectivity index (χ1) is 15.3. The second-order valence-corrected chi connectivity index (χ2v) is 7.46. The fraction of sp³-hybridized carbons (Fsp3) is 0.0714. The maximum atomic E-state index is 5.35. The molecule has 0 spiro atoms. The number of methoxy groups -OCH3 is 2. The molecule has 152 valence electrons. The van der Waals surface area contributed by atoms with Gasteiger partial charge in [0.05, 0.1) is 19.9 Å². The number of aromatic nitrogens is 1. The lowest BCUT2D eigenvalue weighted by atomic mass is 9.97. The lowest BCUT2D eigenvalue weighted by molar-refractivity contribution is 0.415. The molecule has 1 N–H and O–H groups in total. The molecule has 0 bridgehead atoms. The summed E-state index contributed by atoms with van der Waals surface area (Å²) < 4.78 is 10.7. The highest BCUT2D eigenvalue weighted by molar-refractivity contribution is 6.00. The Morgan fingerprint density at radius 2 is 1.19 bits per heavy atom. The number of rotatable bonds is 5. The van der Waals surface area contributed by atoms with Crippen LogP contribution in [0.4, 0.5) is 0 Å². The van der Waals surface area contributed by atoms with Gasteiger partial charge >= 0.3 is 0 Å². The van der Waals surface area contributed by atoms with Crippen LogP contribution in [0.2, 0.25) is 0 Å². The van der Waals surface area contributed by atoms with Gasteiger partial charge in [0.15, 0.2) is 0 Å². The Morgan fingerprint density at radius 1 is 0.581 bits per heavy atom. The number of aromatic amines is 1. The van der Waals surface area contributed by atoms with Crippen molar-refractivity contribution >= 4 is 10.8 Å². The zero-order chi connectivity index (χ0) is 21.2. The van der Waals surface area contributed by atoms with Gasteiger partial charge in [-0.3, -0.25) is 0 Å². The van der Waals surface area contributed by atoms with Crippen molar-refractivity contribution < 1.29 is 9.47 Å². The normalized spacial score (nSPS) is 10.9. The molecule has 0 unspecified atom stereocenters.